The standard InChI is InChI=1S/2C2H3N.ClH.Fe/c2*1-2-3;;/h2*1H3;1H;. The van der Waals surface area contributed by atoms with Crippen molar-refractivity contribution in [3.8, 4) is 12.1 Å². The molecule has 0 aromatic rings. The predicted octanol–water partition coefficient (Wildman–Crippen LogP) is 1.48. The van der Waals surface area contributed by atoms with Crippen LogP contribution in [0.15, 0.2) is 0 Å². The third-order valence-corrected chi connectivity index (χ3v) is 0. The number of nitrogens with zero attached hydrogens (tertiary/aromatic N) is 2. The minimum Gasteiger partial charge on any atom is -0.199 e. The van der Waals surface area contributed by atoms with E-state index in [9.17, 15) is 0 Å². The van der Waals surface area contributed by atoms with Crippen LogP contribution in [0.3, 0.4) is 0 Å². The Kier molecular flexibility index (Phi) is 222. The van der Waals surface area contributed by atoms with Crippen molar-refractivity contribution in [2.75, 3.05) is 0 Å². The Morgan fingerprint density at radius 3 is 1.00 bits per heavy atom. The van der Waals surface area contributed by atoms with Gasteiger partial charge in [0.05, 0.1) is 12.1 Å². The van der Waals surface area contributed by atoms with Crippen LogP contribution in [-0.4, -0.2) is 0 Å². The SMILES string of the molecule is CC#N.CC#N.Cl.[Fe]. The van der Waals surface area contributed by atoms with E-state index in [1.807, 2.05) is 0 Å². The molecular weight excluding hydrogens is 167 g/mol. The van der Waals surface area contributed by atoms with Gasteiger partial charge in [-0.15, -0.1) is 12.4 Å². The van der Waals surface area contributed by atoms with Crippen LogP contribution in [0.4, 0.5) is 0 Å². The quantitative estimate of drug-likeness (QED) is 0.522. The van der Waals surface area contributed by atoms with Gasteiger partial charge in [-0.2, -0.15) is 10.5 Å². The molecule has 0 fully saturated rings. The van der Waals surface area contributed by atoms with E-state index >= 15 is 0 Å². The molecule has 48 valence electrons. The third-order valence-electron chi connectivity index (χ3n) is 0. The summed E-state index contributed by atoms with van der Waals surface area (Å²) >= 11 is 0. The molecule has 2 nitrogen and oxygen atoms in total. The molecule has 0 aromatic carbocycles. The maximum atomic E-state index is 7.32. The first kappa shape index (κ1) is 25.0. The van der Waals surface area contributed by atoms with Crippen molar-refractivity contribution in [2.24, 2.45) is 0 Å². The largest absolute Gasteiger partial charge is 0.199 e. The zero-order valence-corrected chi connectivity index (χ0v) is 6.58. The molecule has 0 heterocycles. The zero-order chi connectivity index (χ0) is 5.41. The predicted molar refractivity (Wildman–Crippen MR) is 29.8 cm³/mol. The van der Waals surface area contributed by atoms with E-state index in [1.54, 1.807) is 12.1 Å². The van der Waals surface area contributed by atoms with Gasteiger partial charge in [0.15, 0.2) is 0 Å². The smallest absolute Gasteiger partial charge is 0.0587 e. The Bertz CT molecular complexity index is 69.0. The van der Waals surface area contributed by atoms with E-state index in [0.717, 1.165) is 0 Å². The van der Waals surface area contributed by atoms with E-state index in [1.165, 1.54) is 13.8 Å². The van der Waals surface area contributed by atoms with Crippen LogP contribution >= 0.6 is 12.4 Å². The van der Waals surface area contributed by atoms with Crippen molar-refractivity contribution in [3.05, 3.63) is 0 Å². The van der Waals surface area contributed by atoms with E-state index in [4.69, 9.17) is 10.5 Å². The topological polar surface area (TPSA) is 47.6 Å². The number of nitriles is 2. The fraction of sp³-hybridized carbons (Fsp3) is 0.500. The fourth-order valence-electron chi connectivity index (χ4n) is 0. The van der Waals surface area contributed by atoms with E-state index < -0.39 is 0 Å². The minimum absolute atomic E-state index is 0. The van der Waals surface area contributed by atoms with Crippen LogP contribution in [0.1, 0.15) is 13.8 Å². The summed E-state index contributed by atoms with van der Waals surface area (Å²) in [7, 11) is 0. The molecule has 0 rings (SSSR count). The Morgan fingerprint density at radius 2 is 1.00 bits per heavy atom. The van der Waals surface area contributed by atoms with Gasteiger partial charge in [-0.05, 0) is 0 Å². The first-order valence-corrected chi connectivity index (χ1v) is 1.45. The second kappa shape index (κ2) is 71.1. The van der Waals surface area contributed by atoms with Gasteiger partial charge in [0.25, 0.3) is 0 Å². The van der Waals surface area contributed by atoms with Crippen LogP contribution in [0.5, 0.6) is 0 Å². The molecule has 0 aliphatic carbocycles. The van der Waals surface area contributed by atoms with Crippen molar-refractivity contribution in [1.29, 1.82) is 10.5 Å². The Labute approximate surface area is 66.4 Å². The first-order valence-electron chi connectivity index (χ1n) is 1.45. The monoisotopic (exact) mass is 174 g/mol. The summed E-state index contributed by atoms with van der Waals surface area (Å²) in [5.41, 5.74) is 0. The Balaban J connectivity index is -0.0000000160. The van der Waals surface area contributed by atoms with E-state index in [2.05, 4.69) is 0 Å². The van der Waals surface area contributed by atoms with Gasteiger partial charge in [-0.1, -0.05) is 0 Å². The molecule has 0 amide bonds. The fourth-order valence-corrected chi connectivity index (χ4v) is 0. The summed E-state index contributed by atoms with van der Waals surface area (Å²) in [6.45, 7) is 2.86. The van der Waals surface area contributed by atoms with Gasteiger partial charge < -0.3 is 0 Å². The maximum Gasteiger partial charge on any atom is 0.0587 e. The molecule has 0 aliphatic rings. The third kappa shape index (κ3) is 3000. The van der Waals surface area contributed by atoms with Crippen molar-refractivity contribution in [2.45, 2.75) is 13.8 Å². The molecule has 0 atom stereocenters. The number of rotatable bonds is 0. The molecule has 0 aliphatic heterocycles. The van der Waals surface area contributed by atoms with Gasteiger partial charge in [0, 0.05) is 30.9 Å². The molecule has 8 heavy (non-hydrogen) atoms. The average Bonchev–Trinajstić information content (AvgIpc) is 1.39. The summed E-state index contributed by atoms with van der Waals surface area (Å²) in [5, 5.41) is 14.6. The molecular formula is C4H7ClFeN2. The van der Waals surface area contributed by atoms with Crippen molar-refractivity contribution < 1.29 is 17.1 Å². The molecule has 0 spiro atoms. The normalized spacial score (nSPS) is 2.00. The van der Waals surface area contributed by atoms with Crippen molar-refractivity contribution in [3.63, 3.8) is 0 Å². The van der Waals surface area contributed by atoms with Crippen LogP contribution in [0.25, 0.3) is 0 Å². The second-order valence-corrected chi connectivity index (χ2v) is 0.447. The number of hydrogen-bond donors (Lipinski definition) is 0. The molecule has 0 radical (unpaired) electrons. The minimum atomic E-state index is 0. The van der Waals surface area contributed by atoms with Gasteiger partial charge in [-0.3, -0.25) is 0 Å². The van der Waals surface area contributed by atoms with Gasteiger partial charge in [-0.25, -0.2) is 0 Å². The van der Waals surface area contributed by atoms with Crippen LogP contribution in [0.2, 0.25) is 0 Å². The summed E-state index contributed by atoms with van der Waals surface area (Å²) in [4.78, 5) is 0. The van der Waals surface area contributed by atoms with Crippen LogP contribution in [0, 0.1) is 22.7 Å². The molecule has 4 heteroatoms. The molecule has 0 bridgehead atoms. The summed E-state index contributed by atoms with van der Waals surface area (Å²) in [6.07, 6.45) is 0. The number of halogens is 1. The summed E-state index contributed by atoms with van der Waals surface area (Å²) in [6, 6.07) is 3.50. The van der Waals surface area contributed by atoms with Crippen molar-refractivity contribution in [1.82, 2.24) is 0 Å². The van der Waals surface area contributed by atoms with Gasteiger partial charge in [0.1, 0.15) is 0 Å². The molecule has 0 unspecified atom stereocenters. The molecule has 0 N–H and O–H groups in total. The average molecular weight is 174 g/mol. The number of hydrogen-bond acceptors (Lipinski definition) is 2. The zero-order valence-electron chi connectivity index (χ0n) is 4.66. The Hall–Kier alpha value is -0.211. The molecule has 0 saturated carbocycles. The van der Waals surface area contributed by atoms with E-state index in [-0.39, 0.29) is 29.5 Å². The first-order chi connectivity index (χ1) is 2.83. The molecule has 0 saturated heterocycles. The van der Waals surface area contributed by atoms with Crippen molar-refractivity contribution >= 4 is 12.4 Å². The molecule has 0 aromatic heterocycles. The van der Waals surface area contributed by atoms with Crippen LogP contribution < -0.4 is 0 Å². The Morgan fingerprint density at radius 1 is 1.00 bits per heavy atom. The maximum absolute atomic E-state index is 7.32. The van der Waals surface area contributed by atoms with Gasteiger partial charge in [0.2, 0.25) is 0 Å². The summed E-state index contributed by atoms with van der Waals surface area (Å²) < 4.78 is 0. The second-order valence-electron chi connectivity index (χ2n) is 0.447. The van der Waals surface area contributed by atoms with Crippen LogP contribution in [-0.2, 0) is 17.1 Å². The van der Waals surface area contributed by atoms with Gasteiger partial charge >= 0.3 is 0 Å². The van der Waals surface area contributed by atoms with E-state index in [0.29, 0.717) is 0 Å². The summed E-state index contributed by atoms with van der Waals surface area (Å²) in [5.74, 6) is 0.